The summed E-state index contributed by atoms with van der Waals surface area (Å²) in [5.41, 5.74) is 1.77. The van der Waals surface area contributed by atoms with Crippen molar-refractivity contribution < 1.29 is 19.3 Å². The van der Waals surface area contributed by atoms with Crippen LogP contribution < -0.4 is 9.96 Å². The molecule has 3 aromatic carbocycles. The molecule has 154 valence electrons. The van der Waals surface area contributed by atoms with Crippen molar-refractivity contribution in [3.05, 3.63) is 101 Å². The van der Waals surface area contributed by atoms with E-state index in [0.29, 0.717) is 0 Å². The molecule has 3 atom stereocenters. The van der Waals surface area contributed by atoms with Crippen molar-refractivity contribution in [1.82, 2.24) is 0 Å². The maximum absolute atomic E-state index is 13.4. The zero-order chi connectivity index (χ0) is 21.5. The molecule has 2 aliphatic rings. The predicted octanol–water partition coefficient (Wildman–Crippen LogP) is 3.65. The number of carbonyl (C=O) groups is 2. The Morgan fingerprint density at radius 3 is 2.00 bits per heavy atom. The number of nitrogens with zero attached hydrogens (tertiary/aromatic N) is 3. The lowest BCUT2D eigenvalue weighted by atomic mass is 9.90. The monoisotopic (exact) mass is 415 g/mol. The number of carbonyl (C=O) groups excluding carboxylic acids is 2. The first-order valence-corrected chi connectivity index (χ1v) is 9.74. The van der Waals surface area contributed by atoms with E-state index in [1.54, 1.807) is 5.06 Å². The van der Waals surface area contributed by atoms with Crippen LogP contribution in [0.3, 0.4) is 0 Å². The fraction of sp³-hybridized carbons (Fsp3) is 0.130. The van der Waals surface area contributed by atoms with Crippen LogP contribution in [0.15, 0.2) is 84.9 Å². The Morgan fingerprint density at radius 2 is 1.39 bits per heavy atom. The lowest BCUT2D eigenvalue weighted by Crippen LogP contribution is -2.37. The van der Waals surface area contributed by atoms with Gasteiger partial charge in [0, 0.05) is 12.1 Å². The highest BCUT2D eigenvalue weighted by Gasteiger charge is 2.60. The molecular formula is C23H17N3O5. The van der Waals surface area contributed by atoms with Crippen molar-refractivity contribution in [2.75, 3.05) is 9.96 Å². The minimum absolute atomic E-state index is 0.114. The summed E-state index contributed by atoms with van der Waals surface area (Å²) in [6.45, 7) is 0. The van der Waals surface area contributed by atoms with E-state index in [0.717, 1.165) is 16.2 Å². The number of para-hydroxylation sites is 1. The Hall–Kier alpha value is -4.04. The standard InChI is InChI=1S/C23H17N3O5/c27-22-19-20(15-7-3-1-4-8-15)25(17-9-5-2-6-10-17)31-21(19)23(28)24(22)16-11-13-18(14-12-16)26(29)30/h1-14,19-21H/t19-,20+,21+/m0/s1. The van der Waals surface area contributed by atoms with E-state index in [-0.39, 0.29) is 11.4 Å². The minimum Gasteiger partial charge on any atom is -0.273 e. The molecule has 31 heavy (non-hydrogen) atoms. The third-order valence-electron chi connectivity index (χ3n) is 5.59. The summed E-state index contributed by atoms with van der Waals surface area (Å²) in [7, 11) is 0. The molecule has 0 N–H and O–H groups in total. The minimum atomic E-state index is -0.979. The van der Waals surface area contributed by atoms with Gasteiger partial charge >= 0.3 is 0 Å². The summed E-state index contributed by atoms with van der Waals surface area (Å²) in [6.07, 6.45) is -0.979. The van der Waals surface area contributed by atoms with E-state index < -0.39 is 34.8 Å². The average Bonchev–Trinajstić information content (AvgIpc) is 3.31. The molecule has 0 saturated carbocycles. The molecule has 8 nitrogen and oxygen atoms in total. The Morgan fingerprint density at radius 1 is 0.774 bits per heavy atom. The van der Waals surface area contributed by atoms with Gasteiger partial charge in [0.1, 0.15) is 5.92 Å². The van der Waals surface area contributed by atoms with E-state index in [9.17, 15) is 19.7 Å². The van der Waals surface area contributed by atoms with Gasteiger partial charge in [-0.3, -0.25) is 24.5 Å². The fourth-order valence-electron chi connectivity index (χ4n) is 4.18. The van der Waals surface area contributed by atoms with Gasteiger partial charge in [-0.25, -0.2) is 9.96 Å². The SMILES string of the molecule is O=C1[C@H]2[C@@H](c3ccccc3)N(c3ccccc3)O[C@H]2C(=O)N1c1ccc([N+](=O)[O-])cc1. The Labute approximate surface area is 177 Å². The summed E-state index contributed by atoms with van der Waals surface area (Å²) in [5, 5.41) is 12.6. The number of hydrogen-bond donors (Lipinski definition) is 0. The van der Waals surface area contributed by atoms with Gasteiger partial charge in [0.2, 0.25) is 5.91 Å². The summed E-state index contributed by atoms with van der Waals surface area (Å²) in [4.78, 5) is 44.1. The highest BCUT2D eigenvalue weighted by molar-refractivity contribution is 6.23. The van der Waals surface area contributed by atoms with Crippen molar-refractivity contribution in [2.45, 2.75) is 12.1 Å². The highest BCUT2D eigenvalue weighted by atomic mass is 16.7. The molecule has 2 amide bonds. The number of nitro benzene ring substituents is 1. The van der Waals surface area contributed by atoms with Gasteiger partial charge in [-0.2, -0.15) is 0 Å². The second-order valence-electron chi connectivity index (χ2n) is 7.35. The van der Waals surface area contributed by atoms with E-state index >= 15 is 0 Å². The molecule has 8 heteroatoms. The van der Waals surface area contributed by atoms with Gasteiger partial charge < -0.3 is 0 Å². The van der Waals surface area contributed by atoms with Crippen LogP contribution in [0.1, 0.15) is 11.6 Å². The second kappa shape index (κ2) is 7.33. The molecule has 0 radical (unpaired) electrons. The summed E-state index contributed by atoms with van der Waals surface area (Å²) in [5.74, 6) is -1.62. The van der Waals surface area contributed by atoms with Gasteiger partial charge in [-0.05, 0) is 29.8 Å². The van der Waals surface area contributed by atoms with E-state index in [4.69, 9.17) is 4.84 Å². The molecule has 3 aromatic rings. The molecule has 0 unspecified atom stereocenters. The number of benzene rings is 3. The van der Waals surface area contributed by atoms with Crippen LogP contribution in [0.2, 0.25) is 0 Å². The predicted molar refractivity (Wildman–Crippen MR) is 112 cm³/mol. The van der Waals surface area contributed by atoms with Crippen LogP contribution in [0, 0.1) is 16.0 Å². The number of fused-ring (bicyclic) bond motifs is 1. The lowest BCUT2D eigenvalue weighted by molar-refractivity contribution is -0.384. The second-order valence-corrected chi connectivity index (χ2v) is 7.35. The molecule has 0 aromatic heterocycles. The van der Waals surface area contributed by atoms with Crippen LogP contribution >= 0.6 is 0 Å². The van der Waals surface area contributed by atoms with Gasteiger partial charge in [0.15, 0.2) is 6.10 Å². The summed E-state index contributed by atoms with van der Waals surface area (Å²) >= 11 is 0. The van der Waals surface area contributed by atoms with Crippen LogP contribution in [0.5, 0.6) is 0 Å². The van der Waals surface area contributed by atoms with Crippen LogP contribution in [-0.2, 0) is 14.4 Å². The third-order valence-corrected chi connectivity index (χ3v) is 5.59. The number of hydroxylamine groups is 1. The van der Waals surface area contributed by atoms with E-state index in [2.05, 4.69) is 0 Å². The molecule has 2 aliphatic heterocycles. The highest BCUT2D eigenvalue weighted by Crippen LogP contribution is 2.47. The normalized spacial score (nSPS) is 22.6. The fourth-order valence-corrected chi connectivity index (χ4v) is 4.18. The number of amides is 2. The molecule has 0 spiro atoms. The van der Waals surface area contributed by atoms with Crippen LogP contribution in [0.4, 0.5) is 17.1 Å². The zero-order valence-corrected chi connectivity index (χ0v) is 16.2. The lowest BCUT2D eigenvalue weighted by Gasteiger charge is -2.28. The molecule has 2 fully saturated rings. The van der Waals surface area contributed by atoms with Crippen LogP contribution in [0.25, 0.3) is 0 Å². The topological polar surface area (TPSA) is 93.0 Å². The Bertz CT molecular complexity index is 1150. The maximum atomic E-state index is 13.4. The maximum Gasteiger partial charge on any atom is 0.269 e. The zero-order valence-electron chi connectivity index (χ0n) is 16.2. The molecule has 0 aliphatic carbocycles. The number of rotatable bonds is 4. The first kappa shape index (κ1) is 19.0. The molecular weight excluding hydrogens is 398 g/mol. The molecule has 0 bridgehead atoms. The number of imide groups is 1. The van der Waals surface area contributed by atoms with Crippen molar-refractivity contribution >= 4 is 28.9 Å². The average molecular weight is 415 g/mol. The quantitative estimate of drug-likeness (QED) is 0.367. The first-order valence-electron chi connectivity index (χ1n) is 9.74. The van der Waals surface area contributed by atoms with E-state index in [1.807, 2.05) is 60.7 Å². The summed E-state index contributed by atoms with van der Waals surface area (Å²) in [6, 6.07) is 23.6. The van der Waals surface area contributed by atoms with E-state index in [1.165, 1.54) is 24.3 Å². The van der Waals surface area contributed by atoms with Crippen molar-refractivity contribution in [3.63, 3.8) is 0 Å². The smallest absolute Gasteiger partial charge is 0.269 e. The number of hydrogen-bond acceptors (Lipinski definition) is 6. The number of anilines is 2. The van der Waals surface area contributed by atoms with Gasteiger partial charge in [-0.15, -0.1) is 0 Å². The Kier molecular flexibility index (Phi) is 4.48. The third kappa shape index (κ3) is 3.04. The van der Waals surface area contributed by atoms with Crippen molar-refractivity contribution in [1.29, 1.82) is 0 Å². The summed E-state index contributed by atoms with van der Waals surface area (Å²) < 4.78 is 0. The Balaban J connectivity index is 1.54. The van der Waals surface area contributed by atoms with Gasteiger partial charge in [0.05, 0.1) is 22.3 Å². The van der Waals surface area contributed by atoms with Gasteiger partial charge in [-0.1, -0.05) is 48.5 Å². The van der Waals surface area contributed by atoms with Crippen molar-refractivity contribution in [3.8, 4) is 0 Å². The first-order chi connectivity index (χ1) is 15.1. The number of nitro groups is 1. The van der Waals surface area contributed by atoms with Crippen LogP contribution in [-0.4, -0.2) is 22.8 Å². The number of non-ortho nitro benzene ring substituents is 1. The van der Waals surface area contributed by atoms with Crippen molar-refractivity contribution in [2.24, 2.45) is 5.92 Å². The largest absolute Gasteiger partial charge is 0.273 e. The van der Waals surface area contributed by atoms with Gasteiger partial charge in [0.25, 0.3) is 11.6 Å². The molecule has 5 rings (SSSR count). The molecule has 2 heterocycles. The molecule has 2 saturated heterocycles.